The van der Waals surface area contributed by atoms with Gasteiger partial charge in [-0.15, -0.1) is 6.42 Å². The van der Waals surface area contributed by atoms with Crippen LogP contribution in [0.1, 0.15) is 26.7 Å². The van der Waals surface area contributed by atoms with E-state index < -0.39 is 12.6 Å². The lowest BCUT2D eigenvalue weighted by Crippen LogP contribution is -2.31. The Morgan fingerprint density at radius 1 is 1.38 bits per heavy atom. The van der Waals surface area contributed by atoms with Gasteiger partial charge < -0.3 is 0 Å². The van der Waals surface area contributed by atoms with E-state index in [2.05, 4.69) is 15.9 Å². The number of rotatable bonds is 8. The molecule has 0 unspecified atom stereocenters. The molecule has 0 saturated heterocycles. The molecule has 0 aliphatic carbocycles. The van der Waals surface area contributed by atoms with Gasteiger partial charge in [0.05, 0.1) is 13.0 Å². The first-order valence-corrected chi connectivity index (χ1v) is 11.1. The molecule has 4 nitrogen and oxygen atoms in total. The van der Waals surface area contributed by atoms with E-state index in [0.717, 1.165) is 17.3 Å². The van der Waals surface area contributed by atoms with Crippen LogP contribution in [0.5, 0.6) is 0 Å². The highest BCUT2D eigenvalue weighted by atomic mass is 35.5. The molecular formula is C19H21ClF3N3OS2. The molecule has 0 aromatic carbocycles. The number of thiazole rings is 1. The van der Waals surface area contributed by atoms with Gasteiger partial charge in [0.25, 0.3) is 0 Å². The fraction of sp³-hybridized carbons (Fsp3) is 0.421. The van der Waals surface area contributed by atoms with Crippen molar-refractivity contribution in [3.05, 3.63) is 29.7 Å². The second-order valence-electron chi connectivity index (χ2n) is 5.27. The van der Waals surface area contributed by atoms with Gasteiger partial charge in [0.1, 0.15) is 10.0 Å². The molecule has 2 heterocycles. The molecule has 0 radical (unpaired) electrons. The zero-order valence-corrected chi connectivity index (χ0v) is 18.4. The maximum absolute atomic E-state index is 12.5. The Bertz CT molecular complexity index is 807. The zero-order chi connectivity index (χ0) is 21.9. The van der Waals surface area contributed by atoms with Crippen LogP contribution in [-0.4, -0.2) is 40.1 Å². The monoisotopic (exact) mass is 463 g/mol. The van der Waals surface area contributed by atoms with E-state index in [1.165, 1.54) is 16.2 Å². The number of amides is 1. The quantitative estimate of drug-likeness (QED) is 0.359. The Kier molecular flexibility index (Phi) is 11.1. The molecule has 2 rings (SSSR count). The Morgan fingerprint density at radius 3 is 2.69 bits per heavy atom. The number of hydrogen-bond donors (Lipinski definition) is 0. The highest BCUT2D eigenvalue weighted by Crippen LogP contribution is 2.37. The summed E-state index contributed by atoms with van der Waals surface area (Å²) in [6.45, 7) is 4.00. The lowest BCUT2D eigenvalue weighted by atomic mass is 10.3. The van der Waals surface area contributed by atoms with Crippen LogP contribution in [0.2, 0.25) is 5.15 Å². The fourth-order valence-corrected chi connectivity index (χ4v) is 4.24. The van der Waals surface area contributed by atoms with Crippen LogP contribution < -0.4 is 4.90 Å². The minimum absolute atomic E-state index is 0.000441. The number of aromatic nitrogens is 2. The second kappa shape index (κ2) is 12.7. The van der Waals surface area contributed by atoms with Gasteiger partial charge in [-0.25, -0.2) is 4.98 Å². The Balaban J connectivity index is 0.00000204. The van der Waals surface area contributed by atoms with Crippen molar-refractivity contribution in [1.29, 1.82) is 0 Å². The van der Waals surface area contributed by atoms with Gasteiger partial charge in [-0.1, -0.05) is 42.7 Å². The SMILES string of the molecule is C#CCN(C(=O)CCSCCC(F)(F)F)c1sc(-c2cccnc2)nc1Cl.CC. The minimum atomic E-state index is -4.19. The molecule has 2 aromatic rings. The molecule has 0 aliphatic heterocycles. The van der Waals surface area contributed by atoms with Gasteiger partial charge in [0.2, 0.25) is 5.91 Å². The van der Waals surface area contributed by atoms with Crippen molar-refractivity contribution in [2.24, 2.45) is 0 Å². The van der Waals surface area contributed by atoms with Crippen molar-refractivity contribution in [3.63, 3.8) is 0 Å². The predicted molar refractivity (Wildman–Crippen MR) is 116 cm³/mol. The molecule has 0 bridgehead atoms. The topological polar surface area (TPSA) is 46.1 Å². The second-order valence-corrected chi connectivity index (χ2v) is 7.83. The molecule has 0 atom stereocenters. The lowest BCUT2D eigenvalue weighted by Gasteiger charge is -2.18. The molecular weight excluding hydrogens is 443 g/mol. The summed E-state index contributed by atoms with van der Waals surface area (Å²) < 4.78 is 36.4. The van der Waals surface area contributed by atoms with E-state index >= 15 is 0 Å². The highest BCUT2D eigenvalue weighted by Gasteiger charge is 2.26. The van der Waals surface area contributed by atoms with Gasteiger partial charge in [0, 0.05) is 35.9 Å². The smallest absolute Gasteiger partial charge is 0.289 e. The molecule has 2 aromatic heterocycles. The van der Waals surface area contributed by atoms with Crippen molar-refractivity contribution in [2.75, 3.05) is 23.0 Å². The van der Waals surface area contributed by atoms with Crippen LogP contribution in [0.3, 0.4) is 0 Å². The van der Waals surface area contributed by atoms with Crippen LogP contribution in [0.25, 0.3) is 10.6 Å². The van der Waals surface area contributed by atoms with E-state index in [1.807, 2.05) is 19.9 Å². The van der Waals surface area contributed by atoms with Crippen LogP contribution >= 0.6 is 34.7 Å². The number of anilines is 1. The number of alkyl halides is 3. The van der Waals surface area contributed by atoms with E-state index in [-0.39, 0.29) is 35.5 Å². The van der Waals surface area contributed by atoms with Gasteiger partial charge in [-0.2, -0.15) is 24.9 Å². The third kappa shape index (κ3) is 8.64. The van der Waals surface area contributed by atoms with Crippen molar-refractivity contribution >= 4 is 45.6 Å². The van der Waals surface area contributed by atoms with Crippen LogP contribution in [0.4, 0.5) is 18.2 Å². The first-order chi connectivity index (χ1) is 13.8. The lowest BCUT2D eigenvalue weighted by molar-refractivity contribution is -0.129. The van der Waals surface area contributed by atoms with E-state index in [4.69, 9.17) is 18.0 Å². The highest BCUT2D eigenvalue weighted by molar-refractivity contribution is 7.99. The van der Waals surface area contributed by atoms with Crippen LogP contribution in [0.15, 0.2) is 24.5 Å². The number of nitrogens with zero attached hydrogens (tertiary/aromatic N) is 3. The number of carbonyl (C=O) groups excluding carboxylic acids is 1. The average molecular weight is 464 g/mol. The molecule has 10 heteroatoms. The predicted octanol–water partition coefficient (Wildman–Crippen LogP) is 5.93. The van der Waals surface area contributed by atoms with Crippen molar-refractivity contribution in [3.8, 4) is 22.9 Å². The number of hydrogen-bond acceptors (Lipinski definition) is 5. The summed E-state index contributed by atoms with van der Waals surface area (Å²) in [5.74, 6) is 2.27. The summed E-state index contributed by atoms with van der Waals surface area (Å²) in [5, 5.41) is 1.16. The Hall–Kier alpha value is -1.76. The zero-order valence-electron chi connectivity index (χ0n) is 16.0. The largest absolute Gasteiger partial charge is 0.389 e. The summed E-state index contributed by atoms with van der Waals surface area (Å²) in [6, 6.07) is 3.57. The Labute approximate surface area is 181 Å². The summed E-state index contributed by atoms with van der Waals surface area (Å²) in [7, 11) is 0. The number of thioether (sulfide) groups is 1. The van der Waals surface area contributed by atoms with Gasteiger partial charge in [-0.3, -0.25) is 14.7 Å². The maximum Gasteiger partial charge on any atom is 0.389 e. The van der Waals surface area contributed by atoms with Crippen molar-refractivity contribution < 1.29 is 18.0 Å². The van der Waals surface area contributed by atoms with Crippen LogP contribution in [-0.2, 0) is 4.79 Å². The number of terminal acetylenes is 1. The summed E-state index contributed by atoms with van der Waals surface area (Å²) in [4.78, 5) is 22.1. The van der Waals surface area contributed by atoms with E-state index in [1.54, 1.807) is 18.5 Å². The summed E-state index contributed by atoms with van der Waals surface area (Å²) >= 11 is 8.47. The molecule has 1 amide bonds. The molecule has 0 aliphatic rings. The molecule has 0 saturated carbocycles. The molecule has 0 fully saturated rings. The van der Waals surface area contributed by atoms with Crippen molar-refractivity contribution in [2.45, 2.75) is 32.9 Å². The molecule has 29 heavy (non-hydrogen) atoms. The summed E-state index contributed by atoms with van der Waals surface area (Å²) in [5.41, 5.74) is 0.756. The summed E-state index contributed by atoms with van der Waals surface area (Å²) in [6.07, 6.45) is 3.60. The van der Waals surface area contributed by atoms with Gasteiger partial charge in [-0.05, 0) is 12.1 Å². The van der Waals surface area contributed by atoms with E-state index in [9.17, 15) is 18.0 Å². The standard InChI is InChI=1S/C17H15ClF3N3OS2.C2H6/c1-2-8-24(13(25)5-9-26-10-6-17(19,20)21)16-14(18)23-15(27-16)12-4-3-7-22-11-12;1-2/h1,3-4,7,11H,5-6,8-10H2;1-2H3. The fourth-order valence-electron chi connectivity index (χ4n) is 2.02. The molecule has 0 N–H and O–H groups in total. The number of pyridine rings is 1. The van der Waals surface area contributed by atoms with E-state index in [0.29, 0.717) is 10.0 Å². The number of carbonyl (C=O) groups is 1. The van der Waals surface area contributed by atoms with Gasteiger partial charge in [0.15, 0.2) is 5.15 Å². The normalized spacial score (nSPS) is 10.7. The third-order valence-electron chi connectivity index (χ3n) is 3.26. The molecule has 0 spiro atoms. The maximum atomic E-state index is 12.5. The average Bonchev–Trinajstić information content (AvgIpc) is 3.08. The first-order valence-electron chi connectivity index (χ1n) is 8.77. The third-order valence-corrected chi connectivity index (χ3v) is 5.75. The first kappa shape index (κ1) is 25.3. The van der Waals surface area contributed by atoms with Crippen molar-refractivity contribution in [1.82, 2.24) is 9.97 Å². The number of halogens is 4. The minimum Gasteiger partial charge on any atom is -0.289 e. The van der Waals surface area contributed by atoms with Gasteiger partial charge >= 0.3 is 6.18 Å². The molecule has 158 valence electrons. The Morgan fingerprint density at radius 2 is 2.10 bits per heavy atom. The van der Waals surface area contributed by atoms with Crippen LogP contribution in [0, 0.1) is 12.3 Å².